The third-order valence-electron chi connectivity index (χ3n) is 5.70. The van der Waals surface area contributed by atoms with Crippen LogP contribution in [0.15, 0.2) is 54.6 Å². The molecule has 1 fully saturated rings. The van der Waals surface area contributed by atoms with E-state index in [1.54, 1.807) is 12.1 Å². The lowest BCUT2D eigenvalue weighted by Gasteiger charge is -2.38. The van der Waals surface area contributed by atoms with Gasteiger partial charge in [0.05, 0.1) is 11.2 Å². The number of anilines is 1. The van der Waals surface area contributed by atoms with Gasteiger partial charge in [-0.3, -0.25) is 4.90 Å². The average Bonchev–Trinajstić information content (AvgIpc) is 2.73. The van der Waals surface area contributed by atoms with Crippen LogP contribution in [0.4, 0.5) is 5.69 Å². The number of rotatable bonds is 8. The van der Waals surface area contributed by atoms with Crippen LogP contribution in [-0.2, 0) is 11.3 Å². The molecule has 0 unspecified atom stereocenters. The molecule has 0 amide bonds. The maximum atomic E-state index is 12.1. The number of ether oxygens (including phenoxy) is 1. The Labute approximate surface area is 186 Å². The number of piperidine rings is 1. The van der Waals surface area contributed by atoms with Crippen molar-refractivity contribution in [3.05, 3.63) is 65.7 Å². The van der Waals surface area contributed by atoms with Gasteiger partial charge in [0, 0.05) is 31.9 Å². The zero-order chi connectivity index (χ0) is 22.3. The molecule has 1 heterocycles. The molecule has 168 valence electrons. The number of esters is 1. The summed E-state index contributed by atoms with van der Waals surface area (Å²) in [6.07, 6.45) is 3.35. The molecule has 0 radical (unpaired) electrons. The Bertz CT molecular complexity index is 820. The first kappa shape index (κ1) is 23.3. The number of carbonyl (C=O) groups is 1. The van der Waals surface area contributed by atoms with E-state index in [1.165, 1.54) is 5.56 Å². The molecule has 0 bridgehead atoms. The lowest BCUT2D eigenvalue weighted by molar-refractivity contribution is -0.0300. The highest BCUT2D eigenvalue weighted by molar-refractivity contribution is 5.90. The van der Waals surface area contributed by atoms with Crippen molar-refractivity contribution in [1.82, 2.24) is 4.90 Å². The lowest BCUT2D eigenvalue weighted by atomic mass is 9.87. The summed E-state index contributed by atoms with van der Waals surface area (Å²) in [7, 11) is 0. The summed E-state index contributed by atoms with van der Waals surface area (Å²) >= 11 is 0. The minimum atomic E-state index is -0.560. The summed E-state index contributed by atoms with van der Waals surface area (Å²) in [5.74, 6) is -0.306. The fourth-order valence-corrected chi connectivity index (χ4v) is 3.93. The molecule has 1 aliphatic rings. The fraction of sp³-hybridized carbons (Fsp3) is 0.500. The predicted octanol–water partition coefficient (Wildman–Crippen LogP) is 4.86. The normalized spacial score (nSPS) is 16.6. The minimum absolute atomic E-state index is 0.306. The SMILES string of the molecule is CC(C)(C)OC(=O)c1ccc(NCCCC2(O)CCN(Cc3ccccc3)CC2)cc1. The van der Waals surface area contributed by atoms with Gasteiger partial charge in [0.1, 0.15) is 5.60 Å². The van der Waals surface area contributed by atoms with Crippen LogP contribution in [0.5, 0.6) is 0 Å². The Balaban J connectivity index is 1.36. The van der Waals surface area contributed by atoms with Gasteiger partial charge >= 0.3 is 5.97 Å². The van der Waals surface area contributed by atoms with Crippen molar-refractivity contribution in [1.29, 1.82) is 0 Å². The van der Waals surface area contributed by atoms with Crippen LogP contribution in [0, 0.1) is 0 Å². The number of nitrogens with one attached hydrogen (secondary N) is 1. The number of aliphatic hydroxyl groups is 1. The van der Waals surface area contributed by atoms with E-state index >= 15 is 0 Å². The third kappa shape index (κ3) is 7.67. The summed E-state index contributed by atoms with van der Waals surface area (Å²) < 4.78 is 5.39. The Kier molecular flexibility index (Phi) is 7.74. The summed E-state index contributed by atoms with van der Waals surface area (Å²) in [4.78, 5) is 14.5. The molecule has 2 N–H and O–H groups in total. The molecular weight excluding hydrogens is 388 g/mol. The standard InChI is InChI=1S/C26H36N2O3/c1-25(2,3)31-24(29)22-10-12-23(13-11-22)27-17-7-14-26(30)15-18-28(19-16-26)20-21-8-5-4-6-9-21/h4-6,8-13,27,30H,7,14-20H2,1-3H3. The molecule has 0 aliphatic carbocycles. The molecule has 5 nitrogen and oxygen atoms in total. The molecule has 0 saturated carbocycles. The van der Waals surface area contributed by atoms with E-state index < -0.39 is 11.2 Å². The number of benzene rings is 2. The van der Waals surface area contributed by atoms with Gasteiger partial charge < -0.3 is 15.2 Å². The van der Waals surface area contributed by atoms with E-state index in [1.807, 2.05) is 39.0 Å². The topological polar surface area (TPSA) is 61.8 Å². The van der Waals surface area contributed by atoms with Crippen molar-refractivity contribution < 1.29 is 14.6 Å². The number of hydrogen-bond acceptors (Lipinski definition) is 5. The second-order valence-corrected chi connectivity index (χ2v) is 9.60. The second kappa shape index (κ2) is 10.3. The van der Waals surface area contributed by atoms with Crippen LogP contribution in [0.2, 0.25) is 0 Å². The van der Waals surface area contributed by atoms with Gasteiger partial charge in [0.15, 0.2) is 0 Å². The van der Waals surface area contributed by atoms with Crippen molar-refractivity contribution in [2.24, 2.45) is 0 Å². The maximum absolute atomic E-state index is 12.1. The van der Waals surface area contributed by atoms with Gasteiger partial charge in [0.25, 0.3) is 0 Å². The molecule has 1 saturated heterocycles. The van der Waals surface area contributed by atoms with Crippen molar-refractivity contribution in [2.45, 2.75) is 64.2 Å². The highest BCUT2D eigenvalue weighted by atomic mass is 16.6. The van der Waals surface area contributed by atoms with Gasteiger partial charge in [-0.2, -0.15) is 0 Å². The molecule has 5 heteroatoms. The molecule has 1 aliphatic heterocycles. The quantitative estimate of drug-likeness (QED) is 0.468. The minimum Gasteiger partial charge on any atom is -0.456 e. The summed E-state index contributed by atoms with van der Waals surface area (Å²) in [6.45, 7) is 9.21. The van der Waals surface area contributed by atoms with Gasteiger partial charge in [-0.25, -0.2) is 4.79 Å². The molecule has 0 atom stereocenters. The van der Waals surface area contributed by atoms with Gasteiger partial charge in [-0.15, -0.1) is 0 Å². The van der Waals surface area contributed by atoms with E-state index in [0.717, 1.165) is 57.5 Å². The monoisotopic (exact) mass is 424 g/mol. The molecule has 2 aromatic carbocycles. The lowest BCUT2D eigenvalue weighted by Crippen LogP contribution is -2.44. The van der Waals surface area contributed by atoms with Crippen molar-refractivity contribution >= 4 is 11.7 Å². The van der Waals surface area contributed by atoms with Crippen LogP contribution >= 0.6 is 0 Å². The van der Waals surface area contributed by atoms with Crippen LogP contribution in [0.25, 0.3) is 0 Å². The Morgan fingerprint density at radius 1 is 1.06 bits per heavy atom. The first-order valence-electron chi connectivity index (χ1n) is 11.3. The maximum Gasteiger partial charge on any atom is 0.338 e. The van der Waals surface area contributed by atoms with Gasteiger partial charge in [-0.05, 0) is 76.3 Å². The van der Waals surface area contributed by atoms with Crippen LogP contribution < -0.4 is 5.32 Å². The van der Waals surface area contributed by atoms with Crippen LogP contribution in [-0.4, -0.2) is 46.8 Å². The predicted molar refractivity (Wildman–Crippen MR) is 125 cm³/mol. The largest absolute Gasteiger partial charge is 0.456 e. The second-order valence-electron chi connectivity index (χ2n) is 9.60. The van der Waals surface area contributed by atoms with Gasteiger partial charge in [-0.1, -0.05) is 30.3 Å². The average molecular weight is 425 g/mol. The van der Waals surface area contributed by atoms with Crippen molar-refractivity contribution in [3.8, 4) is 0 Å². The van der Waals surface area contributed by atoms with Crippen LogP contribution in [0.1, 0.15) is 62.4 Å². The first-order chi connectivity index (χ1) is 14.7. The molecule has 3 rings (SSSR count). The Morgan fingerprint density at radius 2 is 1.71 bits per heavy atom. The number of hydrogen-bond donors (Lipinski definition) is 2. The Morgan fingerprint density at radius 3 is 2.32 bits per heavy atom. The van der Waals surface area contributed by atoms with E-state index in [-0.39, 0.29) is 5.97 Å². The highest BCUT2D eigenvalue weighted by Crippen LogP contribution is 2.28. The zero-order valence-electron chi connectivity index (χ0n) is 19.1. The number of likely N-dealkylation sites (tertiary alicyclic amines) is 1. The molecular formula is C26H36N2O3. The van der Waals surface area contributed by atoms with E-state index in [4.69, 9.17) is 4.74 Å². The number of nitrogens with zero attached hydrogens (tertiary/aromatic N) is 1. The van der Waals surface area contributed by atoms with Crippen molar-refractivity contribution in [3.63, 3.8) is 0 Å². The molecule has 2 aromatic rings. The smallest absolute Gasteiger partial charge is 0.338 e. The highest BCUT2D eigenvalue weighted by Gasteiger charge is 2.31. The summed E-state index contributed by atoms with van der Waals surface area (Å²) in [5.41, 5.74) is 1.80. The van der Waals surface area contributed by atoms with E-state index in [0.29, 0.717) is 5.56 Å². The number of carbonyl (C=O) groups excluding carboxylic acids is 1. The van der Waals surface area contributed by atoms with Gasteiger partial charge in [0.2, 0.25) is 0 Å². The fourth-order valence-electron chi connectivity index (χ4n) is 3.93. The molecule has 0 spiro atoms. The van der Waals surface area contributed by atoms with Crippen molar-refractivity contribution in [2.75, 3.05) is 25.0 Å². The van der Waals surface area contributed by atoms with E-state index in [2.05, 4.69) is 34.5 Å². The summed E-state index contributed by atoms with van der Waals surface area (Å²) in [6, 6.07) is 17.9. The molecule has 31 heavy (non-hydrogen) atoms. The first-order valence-corrected chi connectivity index (χ1v) is 11.3. The third-order valence-corrected chi connectivity index (χ3v) is 5.70. The summed E-state index contributed by atoms with van der Waals surface area (Å²) in [5, 5.41) is 14.3. The zero-order valence-corrected chi connectivity index (χ0v) is 19.1. The van der Waals surface area contributed by atoms with E-state index in [9.17, 15) is 9.90 Å². The molecule has 0 aromatic heterocycles. The van der Waals surface area contributed by atoms with Crippen LogP contribution in [0.3, 0.4) is 0 Å². The Hall–Kier alpha value is -2.37.